The molecule has 1 atom stereocenters. The number of pyridine rings is 1. The second-order valence-corrected chi connectivity index (χ2v) is 3.77. The van der Waals surface area contributed by atoms with Crippen molar-refractivity contribution in [1.82, 2.24) is 4.98 Å². The van der Waals surface area contributed by atoms with Gasteiger partial charge >= 0.3 is 0 Å². The molecule has 0 aliphatic carbocycles. The van der Waals surface area contributed by atoms with E-state index in [1.54, 1.807) is 12.1 Å². The molecule has 0 spiro atoms. The molecule has 1 amide bonds. The van der Waals surface area contributed by atoms with Gasteiger partial charge in [0.05, 0.1) is 5.69 Å². The van der Waals surface area contributed by atoms with E-state index in [1.165, 1.54) is 30.3 Å². The number of nitrogens with two attached hydrogens (primary N) is 1. The summed E-state index contributed by atoms with van der Waals surface area (Å²) in [5.41, 5.74) is 5.97. The quantitative estimate of drug-likeness (QED) is 0.859. The molecule has 2 aromatic rings. The van der Waals surface area contributed by atoms with Crippen molar-refractivity contribution in [2.24, 2.45) is 5.73 Å². The van der Waals surface area contributed by atoms with Gasteiger partial charge in [0.2, 0.25) is 0 Å². The minimum Gasteiger partial charge on any atom is -0.382 e. The lowest BCUT2D eigenvalue weighted by Gasteiger charge is -2.11. The molecule has 1 unspecified atom stereocenters. The number of carbonyl (C=O) groups excluding carboxylic acids is 1. The number of halogens is 1. The van der Waals surface area contributed by atoms with E-state index in [-0.39, 0.29) is 17.2 Å². The van der Waals surface area contributed by atoms with Crippen LogP contribution in [0.1, 0.15) is 27.8 Å². The van der Waals surface area contributed by atoms with Gasteiger partial charge in [-0.05, 0) is 29.8 Å². The minimum atomic E-state index is -1.02. The summed E-state index contributed by atoms with van der Waals surface area (Å²) >= 11 is 0. The Morgan fingerprint density at radius 2 is 1.89 bits per heavy atom. The lowest BCUT2D eigenvalue weighted by Crippen LogP contribution is -2.14. The highest BCUT2D eigenvalue weighted by Crippen LogP contribution is 2.20. The van der Waals surface area contributed by atoms with E-state index in [4.69, 9.17) is 5.73 Å². The lowest BCUT2D eigenvalue weighted by atomic mass is 10.1. The summed E-state index contributed by atoms with van der Waals surface area (Å²) in [7, 11) is 0. The molecular weight excluding hydrogens is 235 g/mol. The predicted molar refractivity (Wildman–Crippen MR) is 63.2 cm³/mol. The van der Waals surface area contributed by atoms with Crippen LogP contribution in [0.15, 0.2) is 42.5 Å². The first kappa shape index (κ1) is 12.2. The number of hydrogen-bond donors (Lipinski definition) is 2. The molecule has 0 aliphatic heterocycles. The SMILES string of the molecule is NC(=O)c1cccc(C(O)c2ccc(F)cc2)n1. The van der Waals surface area contributed by atoms with E-state index in [0.717, 1.165) is 0 Å². The van der Waals surface area contributed by atoms with Crippen molar-refractivity contribution in [3.63, 3.8) is 0 Å². The molecule has 4 nitrogen and oxygen atoms in total. The van der Waals surface area contributed by atoms with E-state index in [9.17, 15) is 14.3 Å². The minimum absolute atomic E-state index is 0.0775. The van der Waals surface area contributed by atoms with Gasteiger partial charge in [-0.3, -0.25) is 4.79 Å². The van der Waals surface area contributed by atoms with Gasteiger partial charge in [0.1, 0.15) is 17.6 Å². The van der Waals surface area contributed by atoms with Crippen LogP contribution in [-0.2, 0) is 0 Å². The van der Waals surface area contributed by atoms with Gasteiger partial charge < -0.3 is 10.8 Å². The maximum Gasteiger partial charge on any atom is 0.267 e. The van der Waals surface area contributed by atoms with Gasteiger partial charge in [-0.25, -0.2) is 9.37 Å². The molecule has 1 aromatic carbocycles. The molecule has 1 heterocycles. The standard InChI is InChI=1S/C13H11FN2O2/c14-9-6-4-8(5-7-9)12(17)10-2-1-3-11(16-10)13(15)18/h1-7,12,17H,(H2,15,18). The first-order valence-corrected chi connectivity index (χ1v) is 5.28. The highest BCUT2D eigenvalue weighted by atomic mass is 19.1. The van der Waals surface area contributed by atoms with Crippen molar-refractivity contribution >= 4 is 5.91 Å². The van der Waals surface area contributed by atoms with Gasteiger partial charge in [-0.1, -0.05) is 18.2 Å². The number of nitrogens with zero attached hydrogens (tertiary/aromatic N) is 1. The third-order valence-corrected chi connectivity index (χ3v) is 2.49. The summed E-state index contributed by atoms with van der Waals surface area (Å²) in [6.07, 6.45) is -1.02. The van der Waals surface area contributed by atoms with Crippen molar-refractivity contribution < 1.29 is 14.3 Å². The van der Waals surface area contributed by atoms with Crippen molar-refractivity contribution in [1.29, 1.82) is 0 Å². The molecule has 0 aliphatic rings. The van der Waals surface area contributed by atoms with Gasteiger partial charge in [0.15, 0.2) is 0 Å². The third kappa shape index (κ3) is 2.52. The van der Waals surface area contributed by atoms with E-state index in [1.807, 2.05) is 0 Å². The highest BCUT2D eigenvalue weighted by Gasteiger charge is 2.13. The number of carbonyl (C=O) groups is 1. The predicted octanol–water partition coefficient (Wildman–Crippen LogP) is 1.40. The summed E-state index contributed by atoms with van der Waals surface area (Å²) in [6.45, 7) is 0. The number of rotatable bonds is 3. The zero-order valence-corrected chi connectivity index (χ0v) is 9.38. The average Bonchev–Trinajstić information content (AvgIpc) is 2.39. The lowest BCUT2D eigenvalue weighted by molar-refractivity contribution is 0.0994. The second-order valence-electron chi connectivity index (χ2n) is 3.77. The van der Waals surface area contributed by atoms with Crippen molar-refractivity contribution in [3.05, 3.63) is 65.2 Å². The molecule has 0 bridgehead atoms. The maximum absolute atomic E-state index is 12.8. The van der Waals surface area contributed by atoms with E-state index in [2.05, 4.69) is 4.98 Å². The Bertz CT molecular complexity index is 569. The van der Waals surface area contributed by atoms with Crippen LogP contribution in [0.3, 0.4) is 0 Å². The fourth-order valence-electron chi connectivity index (χ4n) is 1.56. The van der Waals surface area contributed by atoms with Crippen LogP contribution in [0.4, 0.5) is 4.39 Å². The Balaban J connectivity index is 2.33. The van der Waals surface area contributed by atoms with Crippen LogP contribution < -0.4 is 5.73 Å². The average molecular weight is 246 g/mol. The Labute approximate surface area is 103 Å². The van der Waals surface area contributed by atoms with E-state index in [0.29, 0.717) is 5.56 Å². The topological polar surface area (TPSA) is 76.2 Å². The maximum atomic E-state index is 12.8. The molecule has 1 aromatic heterocycles. The monoisotopic (exact) mass is 246 g/mol. The molecule has 0 saturated carbocycles. The summed E-state index contributed by atoms with van der Waals surface area (Å²) in [4.78, 5) is 14.9. The first-order chi connectivity index (χ1) is 8.58. The molecule has 5 heteroatoms. The molecule has 18 heavy (non-hydrogen) atoms. The van der Waals surface area contributed by atoms with Crippen LogP contribution >= 0.6 is 0 Å². The van der Waals surface area contributed by atoms with Gasteiger partial charge in [-0.2, -0.15) is 0 Å². The number of benzene rings is 1. The number of aliphatic hydroxyl groups is 1. The zero-order chi connectivity index (χ0) is 13.1. The number of primary amides is 1. The van der Waals surface area contributed by atoms with Gasteiger partial charge in [-0.15, -0.1) is 0 Å². The van der Waals surface area contributed by atoms with Crippen LogP contribution in [0, 0.1) is 5.82 Å². The van der Waals surface area contributed by atoms with Crippen LogP contribution in [0.25, 0.3) is 0 Å². The highest BCUT2D eigenvalue weighted by molar-refractivity contribution is 5.90. The summed E-state index contributed by atoms with van der Waals surface area (Å²) in [5, 5.41) is 10.1. The zero-order valence-electron chi connectivity index (χ0n) is 9.38. The van der Waals surface area contributed by atoms with Gasteiger partial charge in [0.25, 0.3) is 5.91 Å². The Kier molecular flexibility index (Phi) is 3.34. The number of amides is 1. The summed E-state index contributed by atoms with van der Waals surface area (Å²) in [6, 6.07) is 10.0. The smallest absolute Gasteiger partial charge is 0.267 e. The number of aliphatic hydroxyl groups excluding tert-OH is 1. The molecule has 2 rings (SSSR count). The van der Waals surface area contributed by atoms with E-state index < -0.39 is 12.0 Å². The second kappa shape index (κ2) is 4.93. The van der Waals surface area contributed by atoms with Crippen molar-refractivity contribution in [3.8, 4) is 0 Å². The molecular formula is C13H11FN2O2. The van der Waals surface area contributed by atoms with Crippen molar-refractivity contribution in [2.75, 3.05) is 0 Å². The number of aromatic nitrogens is 1. The molecule has 0 fully saturated rings. The van der Waals surface area contributed by atoms with Gasteiger partial charge in [0, 0.05) is 0 Å². The molecule has 3 N–H and O–H groups in total. The molecule has 92 valence electrons. The van der Waals surface area contributed by atoms with Crippen molar-refractivity contribution in [2.45, 2.75) is 6.10 Å². The third-order valence-electron chi connectivity index (χ3n) is 2.49. The largest absolute Gasteiger partial charge is 0.382 e. The van der Waals surface area contributed by atoms with E-state index >= 15 is 0 Å². The van der Waals surface area contributed by atoms with Crippen LogP contribution in [0.5, 0.6) is 0 Å². The summed E-state index contributed by atoms with van der Waals surface area (Å²) < 4.78 is 12.8. The van der Waals surface area contributed by atoms with Crippen LogP contribution in [-0.4, -0.2) is 16.0 Å². The molecule has 0 saturated heterocycles. The first-order valence-electron chi connectivity index (χ1n) is 5.28. The Morgan fingerprint density at radius 3 is 2.50 bits per heavy atom. The fraction of sp³-hybridized carbons (Fsp3) is 0.0769. The Morgan fingerprint density at radius 1 is 1.22 bits per heavy atom. The fourth-order valence-corrected chi connectivity index (χ4v) is 1.56. The number of hydrogen-bond acceptors (Lipinski definition) is 3. The molecule has 0 radical (unpaired) electrons. The van der Waals surface area contributed by atoms with Crippen LogP contribution in [0.2, 0.25) is 0 Å². The Hall–Kier alpha value is -2.27. The summed E-state index contributed by atoms with van der Waals surface area (Å²) in [5.74, 6) is -1.05. The normalized spacial score (nSPS) is 12.1.